The molecule has 0 fully saturated rings. The summed E-state index contributed by atoms with van der Waals surface area (Å²) in [7, 11) is 1.29. The number of aliphatic carboxylic acids is 1. The zero-order valence-corrected chi connectivity index (χ0v) is 16.9. The lowest BCUT2D eigenvalue weighted by molar-refractivity contribution is -0.161. The van der Waals surface area contributed by atoms with Crippen LogP contribution in [0.25, 0.3) is 0 Å². The number of ether oxygens (including phenoxy) is 3. The fourth-order valence-corrected chi connectivity index (χ4v) is 2.95. The minimum Gasteiger partial charge on any atom is -0.479 e. The van der Waals surface area contributed by atoms with Crippen LogP contribution in [0, 0.1) is 0 Å². The molecule has 3 aromatic carbocycles. The minimum absolute atomic E-state index is 0.338. The van der Waals surface area contributed by atoms with Gasteiger partial charge >= 0.3 is 5.97 Å². The summed E-state index contributed by atoms with van der Waals surface area (Å²) in [5.74, 6) is -0.247. The number of amides is 1. The summed E-state index contributed by atoms with van der Waals surface area (Å²) in [6, 6.07) is 25.0. The van der Waals surface area contributed by atoms with E-state index in [2.05, 4.69) is 5.32 Å². The van der Waals surface area contributed by atoms with Crippen molar-refractivity contribution >= 4 is 17.6 Å². The molecule has 0 aliphatic heterocycles. The first kappa shape index (κ1) is 22.0. The third kappa shape index (κ3) is 6.40. The second-order valence-electron chi connectivity index (χ2n) is 6.62. The maximum Gasteiger partial charge on any atom is 0.335 e. The Balaban J connectivity index is 1.59. The van der Waals surface area contributed by atoms with Gasteiger partial charge in [-0.05, 0) is 42.0 Å². The molecule has 7 nitrogen and oxygen atoms in total. The number of carbonyl (C=O) groups is 2. The first-order valence-electron chi connectivity index (χ1n) is 9.62. The standard InChI is InChI=1S/C24H23NO6/c1-29-23(24(27)28)22(17-8-4-2-5-9-17)30-16-21(26)25-18-12-14-20(15-13-18)31-19-10-6-3-7-11-19/h2-15,22-23H,16H2,1H3,(H,25,26)(H,27,28). The Morgan fingerprint density at radius 1 is 0.871 bits per heavy atom. The molecule has 3 aromatic rings. The van der Waals surface area contributed by atoms with Crippen molar-refractivity contribution in [3.05, 3.63) is 90.5 Å². The molecule has 31 heavy (non-hydrogen) atoms. The van der Waals surface area contributed by atoms with E-state index in [-0.39, 0.29) is 6.61 Å². The van der Waals surface area contributed by atoms with Gasteiger partial charge in [0.25, 0.3) is 0 Å². The number of carboxylic acids is 1. The third-order valence-corrected chi connectivity index (χ3v) is 4.41. The van der Waals surface area contributed by atoms with Gasteiger partial charge in [0.2, 0.25) is 5.91 Å². The Morgan fingerprint density at radius 2 is 1.45 bits per heavy atom. The molecule has 2 atom stereocenters. The van der Waals surface area contributed by atoms with E-state index in [9.17, 15) is 14.7 Å². The van der Waals surface area contributed by atoms with Crippen molar-refractivity contribution in [2.75, 3.05) is 19.0 Å². The van der Waals surface area contributed by atoms with Crippen LogP contribution in [-0.2, 0) is 19.1 Å². The lowest BCUT2D eigenvalue weighted by Gasteiger charge is -2.23. The summed E-state index contributed by atoms with van der Waals surface area (Å²) in [4.78, 5) is 23.9. The second-order valence-corrected chi connectivity index (χ2v) is 6.62. The summed E-state index contributed by atoms with van der Waals surface area (Å²) in [6.45, 7) is -0.338. The van der Waals surface area contributed by atoms with Crippen LogP contribution in [-0.4, -0.2) is 36.8 Å². The molecule has 160 valence electrons. The van der Waals surface area contributed by atoms with Crippen molar-refractivity contribution < 1.29 is 28.9 Å². The Labute approximate surface area is 180 Å². The quantitative estimate of drug-likeness (QED) is 0.508. The fourth-order valence-electron chi connectivity index (χ4n) is 2.95. The molecule has 0 aliphatic rings. The minimum atomic E-state index is -1.25. The van der Waals surface area contributed by atoms with Crippen molar-refractivity contribution in [2.24, 2.45) is 0 Å². The zero-order chi connectivity index (χ0) is 22.1. The van der Waals surface area contributed by atoms with E-state index in [4.69, 9.17) is 14.2 Å². The zero-order valence-electron chi connectivity index (χ0n) is 16.9. The molecule has 0 bridgehead atoms. The third-order valence-electron chi connectivity index (χ3n) is 4.41. The lowest BCUT2D eigenvalue weighted by Crippen LogP contribution is -2.33. The summed E-state index contributed by atoms with van der Waals surface area (Å²) in [5, 5.41) is 12.1. The van der Waals surface area contributed by atoms with Crippen LogP contribution in [0.5, 0.6) is 11.5 Å². The van der Waals surface area contributed by atoms with Crippen molar-refractivity contribution in [2.45, 2.75) is 12.2 Å². The van der Waals surface area contributed by atoms with Crippen LogP contribution in [0.15, 0.2) is 84.9 Å². The predicted molar refractivity (Wildman–Crippen MR) is 115 cm³/mol. The molecule has 1 amide bonds. The summed E-state index contributed by atoms with van der Waals surface area (Å²) in [6.07, 6.45) is -2.18. The van der Waals surface area contributed by atoms with E-state index in [1.54, 1.807) is 54.6 Å². The Hall–Kier alpha value is -3.68. The van der Waals surface area contributed by atoms with Crippen molar-refractivity contribution in [3.63, 3.8) is 0 Å². The topological polar surface area (TPSA) is 94.1 Å². The first-order chi connectivity index (χ1) is 15.1. The molecule has 0 saturated heterocycles. The first-order valence-corrected chi connectivity index (χ1v) is 9.62. The SMILES string of the molecule is COC(C(=O)O)C(OCC(=O)Nc1ccc(Oc2ccccc2)cc1)c1ccccc1. The fraction of sp³-hybridized carbons (Fsp3) is 0.167. The van der Waals surface area contributed by atoms with Crippen LogP contribution in [0.2, 0.25) is 0 Å². The highest BCUT2D eigenvalue weighted by Gasteiger charge is 2.31. The number of carboxylic acid groups (broad SMARTS) is 1. The second kappa shape index (κ2) is 10.9. The molecule has 0 aliphatic carbocycles. The maximum absolute atomic E-state index is 12.3. The van der Waals surface area contributed by atoms with Gasteiger partial charge in [0, 0.05) is 12.8 Å². The van der Waals surface area contributed by atoms with Gasteiger partial charge in [-0.25, -0.2) is 4.79 Å². The summed E-state index contributed by atoms with van der Waals surface area (Å²) in [5.41, 5.74) is 1.17. The lowest BCUT2D eigenvalue weighted by atomic mass is 10.0. The van der Waals surface area contributed by atoms with E-state index in [1.165, 1.54) is 7.11 Å². The van der Waals surface area contributed by atoms with Crippen LogP contribution in [0.1, 0.15) is 11.7 Å². The molecule has 3 rings (SSSR count). The van der Waals surface area contributed by atoms with Gasteiger partial charge in [-0.15, -0.1) is 0 Å². The molecule has 7 heteroatoms. The highest BCUT2D eigenvalue weighted by Crippen LogP contribution is 2.25. The number of hydrogen-bond acceptors (Lipinski definition) is 5. The van der Waals surface area contributed by atoms with Crippen LogP contribution >= 0.6 is 0 Å². The molecule has 0 saturated carbocycles. The number of rotatable bonds is 10. The number of methoxy groups -OCH3 is 1. The van der Waals surface area contributed by atoms with Gasteiger partial charge in [0.15, 0.2) is 6.10 Å². The Kier molecular flexibility index (Phi) is 7.75. The van der Waals surface area contributed by atoms with Gasteiger partial charge in [-0.1, -0.05) is 48.5 Å². The summed E-state index contributed by atoms with van der Waals surface area (Å²) < 4.78 is 16.4. The molecule has 0 spiro atoms. The van der Waals surface area contributed by atoms with E-state index in [0.717, 1.165) is 0 Å². The maximum atomic E-state index is 12.3. The summed E-state index contributed by atoms with van der Waals surface area (Å²) >= 11 is 0. The smallest absolute Gasteiger partial charge is 0.335 e. The normalized spacial score (nSPS) is 12.5. The average molecular weight is 421 g/mol. The average Bonchev–Trinajstić information content (AvgIpc) is 2.79. The number of anilines is 1. The number of para-hydroxylation sites is 1. The predicted octanol–water partition coefficient (Wildman–Crippen LogP) is 4.27. The van der Waals surface area contributed by atoms with Crippen LogP contribution < -0.4 is 10.1 Å². The van der Waals surface area contributed by atoms with E-state index < -0.39 is 24.1 Å². The van der Waals surface area contributed by atoms with Crippen LogP contribution in [0.4, 0.5) is 5.69 Å². The molecule has 2 N–H and O–H groups in total. The largest absolute Gasteiger partial charge is 0.479 e. The highest BCUT2D eigenvalue weighted by molar-refractivity contribution is 5.91. The van der Waals surface area contributed by atoms with E-state index in [1.807, 2.05) is 30.3 Å². The van der Waals surface area contributed by atoms with Gasteiger partial charge in [-0.2, -0.15) is 0 Å². The van der Waals surface area contributed by atoms with Crippen molar-refractivity contribution in [3.8, 4) is 11.5 Å². The molecule has 0 radical (unpaired) electrons. The van der Waals surface area contributed by atoms with Crippen LogP contribution in [0.3, 0.4) is 0 Å². The monoisotopic (exact) mass is 421 g/mol. The van der Waals surface area contributed by atoms with E-state index >= 15 is 0 Å². The van der Waals surface area contributed by atoms with Gasteiger partial charge in [0.1, 0.15) is 24.2 Å². The van der Waals surface area contributed by atoms with Gasteiger partial charge in [-0.3, -0.25) is 4.79 Å². The number of carbonyl (C=O) groups excluding carboxylic acids is 1. The van der Waals surface area contributed by atoms with Crippen molar-refractivity contribution in [1.29, 1.82) is 0 Å². The van der Waals surface area contributed by atoms with Gasteiger partial charge in [0.05, 0.1) is 0 Å². The highest BCUT2D eigenvalue weighted by atomic mass is 16.6. The number of hydrogen-bond donors (Lipinski definition) is 2. The molecular weight excluding hydrogens is 398 g/mol. The Morgan fingerprint density at radius 3 is 2.03 bits per heavy atom. The number of nitrogens with one attached hydrogen (secondary N) is 1. The molecule has 0 heterocycles. The molecular formula is C24H23NO6. The van der Waals surface area contributed by atoms with Crippen molar-refractivity contribution in [1.82, 2.24) is 0 Å². The molecule has 0 aromatic heterocycles. The van der Waals surface area contributed by atoms with Gasteiger partial charge < -0.3 is 24.6 Å². The number of benzene rings is 3. The van der Waals surface area contributed by atoms with E-state index in [0.29, 0.717) is 22.7 Å². The molecule has 2 unspecified atom stereocenters. The Bertz CT molecular complexity index is 976.